The maximum Gasteiger partial charge on any atom is 0.236 e. The summed E-state index contributed by atoms with van der Waals surface area (Å²) in [5, 5.41) is 6.99. The van der Waals surface area contributed by atoms with Gasteiger partial charge in [0.15, 0.2) is 0 Å². The first kappa shape index (κ1) is 13.4. The fraction of sp³-hybridized carbons (Fsp3) is 0.500. The van der Waals surface area contributed by atoms with Crippen LogP contribution in [0.25, 0.3) is 0 Å². The molecule has 2 rings (SSSR count). The van der Waals surface area contributed by atoms with Crippen LogP contribution >= 0.6 is 11.6 Å². The molecule has 18 heavy (non-hydrogen) atoms. The maximum atomic E-state index is 11.7. The summed E-state index contributed by atoms with van der Waals surface area (Å²) in [6.07, 6.45) is 1.91. The van der Waals surface area contributed by atoms with E-state index in [4.69, 9.17) is 11.6 Å². The van der Waals surface area contributed by atoms with Crippen molar-refractivity contribution in [2.75, 3.05) is 6.54 Å². The van der Waals surface area contributed by atoms with Crippen molar-refractivity contribution in [1.29, 1.82) is 0 Å². The fourth-order valence-electron chi connectivity index (χ4n) is 2.46. The maximum absolute atomic E-state index is 11.7. The van der Waals surface area contributed by atoms with Crippen molar-refractivity contribution >= 4 is 17.5 Å². The average molecular weight is 267 g/mol. The van der Waals surface area contributed by atoms with Crippen LogP contribution in [0.5, 0.6) is 0 Å². The van der Waals surface area contributed by atoms with E-state index in [2.05, 4.69) is 16.7 Å². The van der Waals surface area contributed by atoms with Crippen LogP contribution in [0, 0.1) is 0 Å². The molecule has 2 atom stereocenters. The second kappa shape index (κ2) is 5.72. The zero-order valence-corrected chi connectivity index (χ0v) is 11.6. The molecule has 0 aliphatic heterocycles. The highest BCUT2D eigenvalue weighted by molar-refractivity contribution is 6.30. The highest BCUT2D eigenvalue weighted by atomic mass is 35.5. The van der Waals surface area contributed by atoms with Gasteiger partial charge in [-0.3, -0.25) is 4.79 Å². The number of amides is 1. The second-order valence-electron chi connectivity index (χ2n) is 4.80. The Bertz CT molecular complexity index is 447. The lowest BCUT2D eigenvalue weighted by Crippen LogP contribution is -2.46. The van der Waals surface area contributed by atoms with E-state index in [-0.39, 0.29) is 11.9 Å². The van der Waals surface area contributed by atoms with Crippen molar-refractivity contribution in [3.8, 4) is 0 Å². The Kier molecular flexibility index (Phi) is 4.25. The number of fused-ring (bicyclic) bond motifs is 1. The van der Waals surface area contributed by atoms with Gasteiger partial charge in [-0.1, -0.05) is 17.7 Å². The van der Waals surface area contributed by atoms with Crippen molar-refractivity contribution in [2.45, 2.75) is 38.8 Å². The summed E-state index contributed by atoms with van der Waals surface area (Å²) in [7, 11) is 0. The third kappa shape index (κ3) is 3.03. The quantitative estimate of drug-likeness (QED) is 0.874. The summed E-state index contributed by atoms with van der Waals surface area (Å²) in [4.78, 5) is 11.7. The molecule has 0 fully saturated rings. The molecule has 1 aliphatic rings. The Labute approximate surface area is 113 Å². The van der Waals surface area contributed by atoms with Gasteiger partial charge >= 0.3 is 0 Å². The van der Waals surface area contributed by atoms with Gasteiger partial charge in [-0.05, 0) is 49.9 Å². The molecule has 0 bridgehead atoms. The van der Waals surface area contributed by atoms with Crippen molar-refractivity contribution in [3.05, 3.63) is 34.3 Å². The van der Waals surface area contributed by atoms with Crippen LogP contribution in [0.3, 0.4) is 0 Å². The summed E-state index contributed by atoms with van der Waals surface area (Å²) in [6, 6.07) is 6.21. The number of carbonyl (C=O) groups excluding carboxylic acids is 1. The molecule has 0 heterocycles. The summed E-state index contributed by atoms with van der Waals surface area (Å²) in [5.74, 6) is 0.0616. The number of likely N-dealkylation sites (N-methyl/N-ethyl adjacent to an activating group) is 1. The van der Waals surface area contributed by atoms with Gasteiger partial charge in [-0.25, -0.2) is 0 Å². The zero-order chi connectivity index (χ0) is 13.1. The van der Waals surface area contributed by atoms with Gasteiger partial charge < -0.3 is 10.6 Å². The van der Waals surface area contributed by atoms with Crippen LogP contribution in [0.15, 0.2) is 18.2 Å². The molecule has 98 valence electrons. The van der Waals surface area contributed by atoms with E-state index < -0.39 is 0 Å². The lowest BCUT2D eigenvalue weighted by molar-refractivity contribution is -0.122. The van der Waals surface area contributed by atoms with Gasteiger partial charge in [0.05, 0.1) is 6.04 Å². The van der Waals surface area contributed by atoms with Crippen LogP contribution in [-0.2, 0) is 17.6 Å². The van der Waals surface area contributed by atoms with E-state index in [0.717, 1.165) is 17.9 Å². The van der Waals surface area contributed by atoms with Gasteiger partial charge in [-0.15, -0.1) is 0 Å². The Morgan fingerprint density at radius 3 is 2.89 bits per heavy atom. The van der Waals surface area contributed by atoms with Gasteiger partial charge in [0.25, 0.3) is 0 Å². The second-order valence-corrected chi connectivity index (χ2v) is 5.24. The molecule has 1 amide bonds. The van der Waals surface area contributed by atoms with Crippen molar-refractivity contribution in [2.24, 2.45) is 0 Å². The van der Waals surface area contributed by atoms with E-state index in [1.807, 2.05) is 26.0 Å². The predicted octanol–water partition coefficient (Wildman–Crippen LogP) is 1.92. The molecule has 2 unspecified atom stereocenters. The fourth-order valence-corrected chi connectivity index (χ4v) is 2.66. The van der Waals surface area contributed by atoms with Crippen molar-refractivity contribution in [1.82, 2.24) is 10.6 Å². The van der Waals surface area contributed by atoms with Gasteiger partial charge in [0, 0.05) is 17.6 Å². The number of halogens is 1. The largest absolute Gasteiger partial charge is 0.355 e. The van der Waals surface area contributed by atoms with Crippen LogP contribution in [0.4, 0.5) is 0 Å². The molecular formula is C14H19ClN2O. The summed E-state index contributed by atoms with van der Waals surface area (Å²) < 4.78 is 0. The molecule has 0 aromatic heterocycles. The van der Waals surface area contributed by atoms with E-state index in [9.17, 15) is 4.79 Å². The van der Waals surface area contributed by atoms with Gasteiger partial charge in [0.1, 0.15) is 0 Å². The molecule has 4 heteroatoms. The number of carbonyl (C=O) groups is 1. The van der Waals surface area contributed by atoms with E-state index in [1.165, 1.54) is 11.1 Å². The molecule has 3 nitrogen and oxygen atoms in total. The minimum atomic E-state index is -0.153. The van der Waals surface area contributed by atoms with Crippen LogP contribution in [0.1, 0.15) is 25.0 Å². The molecule has 0 radical (unpaired) electrons. The first-order valence-corrected chi connectivity index (χ1v) is 6.79. The first-order chi connectivity index (χ1) is 8.60. The number of rotatable bonds is 4. The van der Waals surface area contributed by atoms with Crippen LogP contribution in [-0.4, -0.2) is 24.5 Å². The monoisotopic (exact) mass is 266 g/mol. The predicted molar refractivity (Wildman–Crippen MR) is 73.9 cm³/mol. The number of hydrogen-bond donors (Lipinski definition) is 2. The Morgan fingerprint density at radius 1 is 1.44 bits per heavy atom. The zero-order valence-electron chi connectivity index (χ0n) is 10.8. The minimum Gasteiger partial charge on any atom is -0.355 e. The average Bonchev–Trinajstić information content (AvgIpc) is 2.70. The SMILES string of the molecule is CCNC(=O)C(C)NC1Cc2ccc(Cl)cc2C1. The first-order valence-electron chi connectivity index (χ1n) is 6.41. The standard InChI is InChI=1S/C14H19ClN2O/c1-3-16-14(18)9(2)17-13-7-10-4-5-12(15)6-11(10)8-13/h4-6,9,13,17H,3,7-8H2,1-2H3,(H,16,18). The van der Waals surface area contributed by atoms with Crippen LogP contribution in [0.2, 0.25) is 5.02 Å². The van der Waals surface area contributed by atoms with Crippen molar-refractivity contribution in [3.63, 3.8) is 0 Å². The van der Waals surface area contributed by atoms with Gasteiger partial charge in [0.2, 0.25) is 5.91 Å². The van der Waals surface area contributed by atoms with E-state index in [1.54, 1.807) is 0 Å². The Hall–Kier alpha value is -1.06. The van der Waals surface area contributed by atoms with Crippen molar-refractivity contribution < 1.29 is 4.79 Å². The summed E-state index contributed by atoms with van der Waals surface area (Å²) >= 11 is 5.98. The highest BCUT2D eigenvalue weighted by Crippen LogP contribution is 2.25. The summed E-state index contributed by atoms with van der Waals surface area (Å²) in [5.41, 5.74) is 2.63. The number of nitrogens with one attached hydrogen (secondary N) is 2. The Morgan fingerprint density at radius 2 is 2.17 bits per heavy atom. The lowest BCUT2D eigenvalue weighted by atomic mass is 10.1. The van der Waals surface area contributed by atoms with Gasteiger partial charge in [-0.2, -0.15) is 0 Å². The lowest BCUT2D eigenvalue weighted by Gasteiger charge is -2.18. The molecule has 0 saturated heterocycles. The number of hydrogen-bond acceptors (Lipinski definition) is 2. The van der Waals surface area contributed by atoms with Crippen LogP contribution < -0.4 is 10.6 Å². The summed E-state index contributed by atoms with van der Waals surface area (Å²) in [6.45, 7) is 4.50. The normalized spacial score (nSPS) is 19.4. The molecule has 1 aromatic carbocycles. The Balaban J connectivity index is 1.93. The molecular weight excluding hydrogens is 248 g/mol. The number of benzene rings is 1. The molecule has 0 saturated carbocycles. The van der Waals surface area contributed by atoms with E-state index in [0.29, 0.717) is 12.6 Å². The van der Waals surface area contributed by atoms with E-state index >= 15 is 0 Å². The smallest absolute Gasteiger partial charge is 0.236 e. The molecule has 0 spiro atoms. The topological polar surface area (TPSA) is 41.1 Å². The third-order valence-electron chi connectivity index (χ3n) is 3.33. The highest BCUT2D eigenvalue weighted by Gasteiger charge is 2.24. The molecule has 1 aliphatic carbocycles. The minimum absolute atomic E-state index is 0.0616. The third-order valence-corrected chi connectivity index (χ3v) is 3.57. The molecule has 2 N–H and O–H groups in total. The molecule has 1 aromatic rings.